The fourth-order valence-electron chi connectivity index (χ4n) is 1.43. The van der Waals surface area contributed by atoms with Crippen LogP contribution in [0.2, 0.25) is 0 Å². The Morgan fingerprint density at radius 1 is 1.47 bits per heavy atom. The van der Waals surface area contributed by atoms with Crippen molar-refractivity contribution in [1.29, 1.82) is 0 Å². The molecule has 1 aromatic rings. The molecule has 1 aromatic carbocycles. The quantitative estimate of drug-likeness (QED) is 0.793. The van der Waals surface area contributed by atoms with E-state index >= 15 is 0 Å². The first-order chi connectivity index (χ1) is 8.17. The minimum absolute atomic E-state index is 0.0770. The van der Waals surface area contributed by atoms with Crippen LogP contribution in [-0.2, 0) is 4.79 Å². The van der Waals surface area contributed by atoms with Crippen LogP contribution in [0.5, 0.6) is 0 Å². The van der Waals surface area contributed by atoms with E-state index in [1.807, 2.05) is 24.3 Å². The summed E-state index contributed by atoms with van der Waals surface area (Å²) in [6, 6.07) is 7.17. The van der Waals surface area contributed by atoms with Gasteiger partial charge in [0.1, 0.15) is 0 Å². The smallest absolute Gasteiger partial charge is 0.220 e. The highest BCUT2D eigenvalue weighted by atomic mass is 79.9. The molecule has 0 heterocycles. The maximum absolute atomic E-state index is 11.5. The van der Waals surface area contributed by atoms with Crippen molar-refractivity contribution in [1.82, 2.24) is 5.32 Å². The van der Waals surface area contributed by atoms with Gasteiger partial charge in [0, 0.05) is 10.9 Å². The van der Waals surface area contributed by atoms with Gasteiger partial charge in [0.05, 0.1) is 12.6 Å². The first-order valence-corrected chi connectivity index (χ1v) is 6.23. The SMILES string of the molecule is C=CCCC(=O)N[C@@H](CO)c1ccc(Br)cc1. The van der Waals surface area contributed by atoms with Crippen LogP contribution >= 0.6 is 15.9 Å². The molecular formula is C13H16BrNO2. The summed E-state index contributed by atoms with van der Waals surface area (Å²) in [4.78, 5) is 11.5. The number of carbonyl (C=O) groups is 1. The highest BCUT2D eigenvalue weighted by Gasteiger charge is 2.12. The van der Waals surface area contributed by atoms with Crippen LogP contribution < -0.4 is 5.32 Å². The maximum atomic E-state index is 11.5. The van der Waals surface area contributed by atoms with Crippen LogP contribution in [0.15, 0.2) is 41.4 Å². The van der Waals surface area contributed by atoms with Crippen molar-refractivity contribution in [2.75, 3.05) is 6.61 Å². The number of hydrogen-bond donors (Lipinski definition) is 2. The number of rotatable bonds is 6. The monoisotopic (exact) mass is 297 g/mol. The third-order valence-electron chi connectivity index (χ3n) is 2.37. The maximum Gasteiger partial charge on any atom is 0.220 e. The van der Waals surface area contributed by atoms with Crippen LogP contribution in [-0.4, -0.2) is 17.6 Å². The minimum Gasteiger partial charge on any atom is -0.394 e. The fraction of sp³-hybridized carbons (Fsp3) is 0.308. The van der Waals surface area contributed by atoms with E-state index in [1.54, 1.807) is 6.08 Å². The summed E-state index contributed by atoms with van der Waals surface area (Å²) in [6.45, 7) is 3.46. The normalized spacial score (nSPS) is 11.9. The van der Waals surface area contributed by atoms with Gasteiger partial charge in [0.2, 0.25) is 5.91 Å². The summed E-state index contributed by atoms with van der Waals surface area (Å²) >= 11 is 3.34. The molecule has 0 radical (unpaired) electrons. The average Bonchev–Trinajstić information content (AvgIpc) is 2.34. The summed E-state index contributed by atoms with van der Waals surface area (Å²) in [5, 5.41) is 12.1. The zero-order valence-corrected chi connectivity index (χ0v) is 11.1. The van der Waals surface area contributed by atoms with Gasteiger partial charge in [-0.3, -0.25) is 4.79 Å². The van der Waals surface area contributed by atoms with E-state index < -0.39 is 0 Å². The molecule has 1 amide bonds. The summed E-state index contributed by atoms with van der Waals surface area (Å²) in [5.74, 6) is -0.0770. The largest absolute Gasteiger partial charge is 0.394 e. The van der Waals surface area contributed by atoms with Gasteiger partial charge in [-0.15, -0.1) is 6.58 Å². The molecule has 1 rings (SSSR count). The molecule has 0 aliphatic rings. The lowest BCUT2D eigenvalue weighted by Gasteiger charge is -2.16. The molecule has 0 aliphatic heterocycles. The fourth-order valence-corrected chi connectivity index (χ4v) is 1.69. The highest BCUT2D eigenvalue weighted by molar-refractivity contribution is 9.10. The lowest BCUT2D eigenvalue weighted by molar-refractivity contribution is -0.122. The van der Waals surface area contributed by atoms with Gasteiger partial charge >= 0.3 is 0 Å². The Labute approximate surface area is 110 Å². The average molecular weight is 298 g/mol. The van der Waals surface area contributed by atoms with Gasteiger partial charge in [0.25, 0.3) is 0 Å². The molecule has 4 heteroatoms. The van der Waals surface area contributed by atoms with Crippen LogP contribution in [0.25, 0.3) is 0 Å². The van der Waals surface area contributed by atoms with E-state index in [0.717, 1.165) is 10.0 Å². The zero-order chi connectivity index (χ0) is 12.7. The molecule has 0 bridgehead atoms. The minimum atomic E-state index is -0.347. The number of amides is 1. The van der Waals surface area contributed by atoms with Gasteiger partial charge < -0.3 is 10.4 Å². The second kappa shape index (κ2) is 7.25. The second-order valence-electron chi connectivity index (χ2n) is 3.68. The van der Waals surface area contributed by atoms with Gasteiger partial charge in [-0.2, -0.15) is 0 Å². The molecule has 0 fully saturated rings. The summed E-state index contributed by atoms with van der Waals surface area (Å²) in [6.07, 6.45) is 2.74. The number of halogens is 1. The topological polar surface area (TPSA) is 49.3 Å². The predicted octanol–water partition coefficient (Wildman–Crippen LogP) is 2.56. The Balaban J connectivity index is 2.62. The number of aliphatic hydroxyl groups is 1. The molecule has 1 atom stereocenters. The second-order valence-corrected chi connectivity index (χ2v) is 4.60. The summed E-state index contributed by atoms with van der Waals surface area (Å²) in [7, 11) is 0. The summed E-state index contributed by atoms with van der Waals surface area (Å²) in [5.41, 5.74) is 0.891. The number of carbonyl (C=O) groups excluding carboxylic acids is 1. The van der Waals surface area contributed by atoms with Crippen LogP contribution in [0, 0.1) is 0 Å². The van der Waals surface area contributed by atoms with Crippen molar-refractivity contribution in [2.45, 2.75) is 18.9 Å². The molecule has 92 valence electrons. The molecule has 0 saturated heterocycles. The van der Waals surface area contributed by atoms with Crippen molar-refractivity contribution in [2.24, 2.45) is 0 Å². The Bertz CT molecular complexity index is 376. The number of aliphatic hydroxyl groups excluding tert-OH is 1. The Morgan fingerprint density at radius 2 is 2.12 bits per heavy atom. The first-order valence-electron chi connectivity index (χ1n) is 5.44. The molecule has 0 saturated carbocycles. The van der Waals surface area contributed by atoms with E-state index in [2.05, 4.69) is 27.8 Å². The Kier molecular flexibility index (Phi) is 5.94. The zero-order valence-electron chi connectivity index (χ0n) is 9.53. The lowest BCUT2D eigenvalue weighted by atomic mass is 10.1. The van der Waals surface area contributed by atoms with Crippen molar-refractivity contribution in [3.8, 4) is 0 Å². The van der Waals surface area contributed by atoms with E-state index in [1.165, 1.54) is 0 Å². The van der Waals surface area contributed by atoms with Crippen molar-refractivity contribution in [3.63, 3.8) is 0 Å². The van der Waals surface area contributed by atoms with E-state index in [-0.39, 0.29) is 18.6 Å². The highest BCUT2D eigenvalue weighted by Crippen LogP contribution is 2.16. The van der Waals surface area contributed by atoms with Crippen molar-refractivity contribution in [3.05, 3.63) is 47.0 Å². The molecule has 0 spiro atoms. The molecule has 2 N–H and O–H groups in total. The number of benzene rings is 1. The third-order valence-corrected chi connectivity index (χ3v) is 2.89. The van der Waals surface area contributed by atoms with Gasteiger partial charge in [-0.05, 0) is 24.1 Å². The molecule has 17 heavy (non-hydrogen) atoms. The van der Waals surface area contributed by atoms with E-state index in [9.17, 15) is 9.90 Å². The van der Waals surface area contributed by atoms with Crippen LogP contribution in [0.1, 0.15) is 24.4 Å². The number of hydrogen-bond acceptors (Lipinski definition) is 2. The third kappa shape index (κ3) is 4.71. The molecule has 0 aliphatic carbocycles. The van der Waals surface area contributed by atoms with Gasteiger partial charge in [-0.25, -0.2) is 0 Å². The molecule has 0 aromatic heterocycles. The Morgan fingerprint density at radius 3 is 2.65 bits per heavy atom. The van der Waals surface area contributed by atoms with Gasteiger partial charge in [-0.1, -0.05) is 34.1 Å². The van der Waals surface area contributed by atoms with Crippen molar-refractivity contribution >= 4 is 21.8 Å². The summed E-state index contributed by atoms with van der Waals surface area (Å²) < 4.78 is 0.968. The van der Waals surface area contributed by atoms with Crippen LogP contribution in [0.4, 0.5) is 0 Å². The van der Waals surface area contributed by atoms with E-state index in [0.29, 0.717) is 12.8 Å². The van der Waals surface area contributed by atoms with Gasteiger partial charge in [0.15, 0.2) is 0 Å². The number of allylic oxidation sites excluding steroid dienone is 1. The van der Waals surface area contributed by atoms with E-state index in [4.69, 9.17) is 0 Å². The van der Waals surface area contributed by atoms with Crippen LogP contribution in [0.3, 0.4) is 0 Å². The molecule has 3 nitrogen and oxygen atoms in total. The lowest BCUT2D eigenvalue weighted by Crippen LogP contribution is -2.30. The molecule has 0 unspecified atom stereocenters. The Hall–Kier alpha value is -1.13. The van der Waals surface area contributed by atoms with Crippen molar-refractivity contribution < 1.29 is 9.90 Å². The molecular weight excluding hydrogens is 282 g/mol. The predicted molar refractivity (Wildman–Crippen MR) is 71.5 cm³/mol. The first kappa shape index (κ1) is 13.9. The number of nitrogens with one attached hydrogen (secondary N) is 1. The standard InChI is InChI=1S/C13H16BrNO2/c1-2-3-4-13(17)15-12(9-16)10-5-7-11(14)8-6-10/h2,5-8,12,16H,1,3-4,9H2,(H,15,17)/t12-/m0/s1.